The number of rotatable bonds is 13. The fraction of sp³-hybridized carbons (Fsp3) is 0.481. The van der Waals surface area contributed by atoms with Crippen LogP contribution < -0.4 is 24.3 Å². The molecule has 66 heavy (non-hydrogen) atoms. The van der Waals surface area contributed by atoms with Gasteiger partial charge in [0, 0.05) is 77.5 Å². The van der Waals surface area contributed by atoms with Gasteiger partial charge in [0.2, 0.25) is 0 Å². The van der Waals surface area contributed by atoms with Crippen LogP contribution in [0.5, 0.6) is 40.2 Å². The van der Waals surface area contributed by atoms with Gasteiger partial charge in [0.25, 0.3) is 0 Å². The van der Waals surface area contributed by atoms with Crippen molar-refractivity contribution in [2.75, 3.05) is 34.0 Å². The topological polar surface area (TPSA) is 169 Å². The van der Waals surface area contributed by atoms with Crippen molar-refractivity contribution in [2.24, 2.45) is 11.8 Å². The number of hydrogen-bond acceptors (Lipinski definition) is 12. The lowest BCUT2D eigenvalue weighted by Crippen LogP contribution is -2.51. The number of aromatic hydroxyl groups is 3. The maximum Gasteiger partial charge on any atom is 0.133 e. The van der Waals surface area contributed by atoms with Crippen LogP contribution in [-0.2, 0) is 22.3 Å². The average Bonchev–Trinajstić information content (AvgIpc) is 3.83. The standard InChI is InChI=1S/C54H63NO11/c1-55-45-19-16-36(59)27-47(45)66-54-48(46(13-7-20-61-2)65-53-40-18-15-35(58)26-42(40)52-41(49(53)54)12-6-21-62-52)44-29-63-51-32(25-38(28-43(51)50(44)60)64-37-10-3-4-11-37)22-31-24-34(57)14-17-39(31)30-8-5-9-33(56)23-30/h5,8-9,14-15,17-18,23-26,28,36-37,44-48,50,54-60H,3-4,6-7,10-13,16,19-22,27,29H2,1-2H3. The second-order valence-corrected chi connectivity index (χ2v) is 19.1. The van der Waals surface area contributed by atoms with E-state index in [4.69, 9.17) is 28.4 Å². The van der Waals surface area contributed by atoms with Gasteiger partial charge < -0.3 is 59.3 Å². The minimum absolute atomic E-state index is 0.00922. The van der Waals surface area contributed by atoms with E-state index in [0.29, 0.717) is 74.6 Å². The van der Waals surface area contributed by atoms with Crippen molar-refractivity contribution < 1.29 is 54.0 Å². The molecule has 0 amide bonds. The van der Waals surface area contributed by atoms with Crippen LogP contribution in [0.1, 0.15) is 104 Å². The highest BCUT2D eigenvalue weighted by atomic mass is 16.5. The van der Waals surface area contributed by atoms with E-state index in [1.54, 1.807) is 49.6 Å². The largest absolute Gasteiger partial charge is 0.508 e. The van der Waals surface area contributed by atoms with Crippen molar-refractivity contribution >= 4 is 10.8 Å². The predicted molar refractivity (Wildman–Crippen MR) is 250 cm³/mol. The fourth-order valence-corrected chi connectivity index (χ4v) is 11.7. The molecule has 2 saturated carbocycles. The normalized spacial score (nSPS) is 26.1. The molecule has 8 unspecified atom stereocenters. The zero-order valence-corrected chi connectivity index (χ0v) is 37.9. The van der Waals surface area contributed by atoms with Crippen molar-refractivity contribution in [3.8, 4) is 51.4 Å². The van der Waals surface area contributed by atoms with Crippen molar-refractivity contribution in [3.63, 3.8) is 0 Å². The first kappa shape index (κ1) is 44.6. The molecular formula is C54H63NO11. The molecule has 0 spiro atoms. The second kappa shape index (κ2) is 19.2. The van der Waals surface area contributed by atoms with E-state index in [1.165, 1.54) is 0 Å². The van der Waals surface area contributed by atoms with Crippen LogP contribution in [-0.4, -0.2) is 90.0 Å². The molecule has 5 aliphatic rings. The second-order valence-electron chi connectivity index (χ2n) is 19.1. The molecule has 0 radical (unpaired) electrons. The molecule has 3 heterocycles. The van der Waals surface area contributed by atoms with E-state index in [1.807, 2.05) is 37.4 Å². The lowest BCUT2D eigenvalue weighted by atomic mass is 9.71. The van der Waals surface area contributed by atoms with Crippen molar-refractivity contribution in [1.29, 1.82) is 0 Å². The quantitative estimate of drug-likeness (QED) is 0.0622. The Morgan fingerprint density at radius 2 is 1.61 bits per heavy atom. The molecule has 3 aliphatic heterocycles. The van der Waals surface area contributed by atoms with E-state index in [2.05, 4.69) is 5.32 Å². The molecule has 12 nitrogen and oxygen atoms in total. The Bertz CT molecular complexity index is 2540. The number of aliphatic hydroxyl groups excluding tert-OH is 2. The number of benzene rings is 5. The molecule has 2 fully saturated rings. The number of ether oxygens (including phenoxy) is 6. The molecule has 6 N–H and O–H groups in total. The van der Waals surface area contributed by atoms with Crippen LogP contribution in [0.2, 0.25) is 0 Å². The summed E-state index contributed by atoms with van der Waals surface area (Å²) in [6, 6.07) is 21.6. The molecule has 350 valence electrons. The van der Waals surface area contributed by atoms with Crippen LogP contribution in [0.4, 0.5) is 0 Å². The van der Waals surface area contributed by atoms with E-state index >= 15 is 0 Å². The average molecular weight is 902 g/mol. The molecule has 5 aromatic rings. The lowest BCUT2D eigenvalue weighted by molar-refractivity contribution is -0.151. The number of hydrogen-bond donors (Lipinski definition) is 6. The van der Waals surface area contributed by atoms with Crippen LogP contribution in [0.25, 0.3) is 21.9 Å². The molecular weight excluding hydrogens is 839 g/mol. The van der Waals surface area contributed by atoms with Gasteiger partial charge in [-0.15, -0.1) is 0 Å². The van der Waals surface area contributed by atoms with Gasteiger partial charge >= 0.3 is 0 Å². The summed E-state index contributed by atoms with van der Waals surface area (Å²) in [5.41, 5.74) is 5.80. The first-order valence-corrected chi connectivity index (χ1v) is 24.0. The van der Waals surface area contributed by atoms with Crippen LogP contribution >= 0.6 is 0 Å². The Morgan fingerprint density at radius 1 is 0.788 bits per heavy atom. The Morgan fingerprint density at radius 3 is 2.42 bits per heavy atom. The van der Waals surface area contributed by atoms with Crippen molar-refractivity contribution in [2.45, 2.75) is 120 Å². The van der Waals surface area contributed by atoms with Crippen molar-refractivity contribution in [3.05, 3.63) is 101 Å². The Hall–Kier alpha value is -5.24. The number of methoxy groups -OCH3 is 1. The van der Waals surface area contributed by atoms with Crippen LogP contribution in [0, 0.1) is 11.8 Å². The summed E-state index contributed by atoms with van der Waals surface area (Å²) in [5, 5.41) is 61.4. The predicted octanol–water partition coefficient (Wildman–Crippen LogP) is 8.97. The zero-order valence-electron chi connectivity index (χ0n) is 37.9. The summed E-state index contributed by atoms with van der Waals surface area (Å²) in [4.78, 5) is 0. The molecule has 8 atom stereocenters. The van der Waals surface area contributed by atoms with E-state index in [9.17, 15) is 25.5 Å². The molecule has 5 aromatic carbocycles. The zero-order chi connectivity index (χ0) is 45.5. The van der Waals surface area contributed by atoms with E-state index in [0.717, 1.165) is 88.4 Å². The van der Waals surface area contributed by atoms with Gasteiger partial charge in [-0.25, -0.2) is 0 Å². The molecule has 0 bridgehead atoms. The Balaban J connectivity index is 1.11. The smallest absolute Gasteiger partial charge is 0.133 e. The SMILES string of the molecule is CNC1CCC(O)CC1OC1c2c3c(c4cc(O)ccc4c2OC(CCCOC)C1C1COc2c(Cc4cc(O)ccc4-c4cccc(O)c4)cc(OC4CCCC4)cc2C1O)OCCC3. The highest BCUT2D eigenvalue weighted by Crippen LogP contribution is 2.57. The van der Waals surface area contributed by atoms with Gasteiger partial charge in [-0.1, -0.05) is 18.2 Å². The highest BCUT2D eigenvalue weighted by molar-refractivity contribution is 5.97. The minimum atomic E-state index is -1.03. The number of nitrogens with one attached hydrogen (secondary N) is 1. The first-order chi connectivity index (χ1) is 32.2. The third-order valence-corrected chi connectivity index (χ3v) is 14.8. The molecule has 0 aromatic heterocycles. The van der Waals surface area contributed by atoms with Crippen LogP contribution in [0.15, 0.2) is 72.8 Å². The van der Waals surface area contributed by atoms with Gasteiger partial charge in [-0.3, -0.25) is 0 Å². The maximum atomic E-state index is 13.2. The summed E-state index contributed by atoms with van der Waals surface area (Å²) in [5.74, 6) is 2.11. The lowest BCUT2D eigenvalue weighted by Gasteiger charge is -2.49. The summed E-state index contributed by atoms with van der Waals surface area (Å²) < 4.78 is 40.6. The Labute approximate surface area is 386 Å². The molecule has 10 rings (SSSR count). The minimum Gasteiger partial charge on any atom is -0.508 e. The third kappa shape index (κ3) is 8.74. The Kier molecular flexibility index (Phi) is 12.9. The van der Waals surface area contributed by atoms with E-state index in [-0.39, 0.29) is 42.1 Å². The molecule has 0 saturated heterocycles. The maximum absolute atomic E-state index is 13.2. The summed E-state index contributed by atoms with van der Waals surface area (Å²) in [6.07, 6.45) is 6.28. The third-order valence-electron chi connectivity index (χ3n) is 14.8. The molecule has 2 aliphatic carbocycles. The van der Waals surface area contributed by atoms with Crippen LogP contribution in [0.3, 0.4) is 0 Å². The first-order valence-electron chi connectivity index (χ1n) is 24.0. The number of likely N-dealkylation sites (N-methyl/N-ethyl adjacent to an activating group) is 1. The van der Waals surface area contributed by atoms with Crippen molar-refractivity contribution in [1.82, 2.24) is 5.32 Å². The van der Waals surface area contributed by atoms with Gasteiger partial charge in [-0.05, 0) is 143 Å². The highest BCUT2D eigenvalue weighted by Gasteiger charge is 2.51. The van der Waals surface area contributed by atoms with Gasteiger partial charge in [0.15, 0.2) is 0 Å². The number of fused-ring (bicyclic) bond motifs is 7. The summed E-state index contributed by atoms with van der Waals surface area (Å²) in [6.45, 7) is 1.22. The number of aliphatic hydroxyl groups is 2. The monoisotopic (exact) mass is 901 g/mol. The summed E-state index contributed by atoms with van der Waals surface area (Å²) in [7, 11) is 3.64. The molecule has 12 heteroatoms. The van der Waals surface area contributed by atoms with E-state index < -0.39 is 36.3 Å². The van der Waals surface area contributed by atoms with Gasteiger partial charge in [-0.2, -0.15) is 0 Å². The van der Waals surface area contributed by atoms with Gasteiger partial charge in [0.1, 0.15) is 46.4 Å². The van der Waals surface area contributed by atoms with Gasteiger partial charge in [0.05, 0.1) is 43.7 Å². The fourth-order valence-electron chi connectivity index (χ4n) is 11.7. The number of phenolic OH excluding ortho intramolecular Hbond substituents is 3. The summed E-state index contributed by atoms with van der Waals surface area (Å²) >= 11 is 0. The number of phenols is 3.